The summed E-state index contributed by atoms with van der Waals surface area (Å²) < 4.78 is 34.8. The van der Waals surface area contributed by atoms with Crippen LogP contribution in [0.15, 0.2) is 77.7 Å². The summed E-state index contributed by atoms with van der Waals surface area (Å²) >= 11 is 0. The lowest BCUT2D eigenvalue weighted by molar-refractivity contribution is -0.0603. The maximum absolute atomic E-state index is 13.1. The molecule has 8 nitrogen and oxygen atoms in total. The molecule has 0 aromatic heterocycles. The first kappa shape index (κ1) is 25.4. The van der Waals surface area contributed by atoms with Crippen LogP contribution in [0.5, 0.6) is 5.75 Å². The third-order valence-corrected chi connectivity index (χ3v) is 7.58. The molecular formula is C27H27N3O5S. The second-order valence-corrected chi connectivity index (χ2v) is 10.8. The van der Waals surface area contributed by atoms with Crippen LogP contribution in [0.4, 0.5) is 0 Å². The summed E-state index contributed by atoms with van der Waals surface area (Å²) in [4.78, 5) is 12.8. The Morgan fingerprint density at radius 3 is 2.44 bits per heavy atom. The van der Waals surface area contributed by atoms with Crippen molar-refractivity contribution >= 4 is 15.9 Å². The predicted molar refractivity (Wildman–Crippen MR) is 134 cm³/mol. The lowest BCUT2D eigenvalue weighted by atomic mass is 9.86. The third kappa shape index (κ3) is 5.41. The van der Waals surface area contributed by atoms with Gasteiger partial charge in [-0.15, -0.1) is 0 Å². The van der Waals surface area contributed by atoms with Crippen LogP contribution in [0.1, 0.15) is 46.9 Å². The number of fused-ring (bicyclic) bond motifs is 1. The summed E-state index contributed by atoms with van der Waals surface area (Å²) in [6, 6.07) is 20.9. The normalized spacial score (nSPS) is 18.4. The average molecular weight is 506 g/mol. The van der Waals surface area contributed by atoms with Crippen molar-refractivity contribution in [3.05, 3.63) is 95.1 Å². The number of aliphatic hydroxyl groups is 1. The summed E-state index contributed by atoms with van der Waals surface area (Å²) in [5.74, 6) is 0.0559. The number of hydrogen-bond acceptors (Lipinski definition) is 6. The maximum Gasteiger partial charge on any atom is 0.251 e. The number of sulfonamides is 1. The summed E-state index contributed by atoms with van der Waals surface area (Å²) in [5.41, 5.74) is 1.01. The number of hydrogen-bond donors (Lipinski definition) is 3. The fourth-order valence-electron chi connectivity index (χ4n) is 4.08. The van der Waals surface area contributed by atoms with Gasteiger partial charge in [-0.2, -0.15) is 5.26 Å². The molecule has 2 atom stereocenters. The zero-order chi connectivity index (χ0) is 25.9. The van der Waals surface area contributed by atoms with E-state index < -0.39 is 27.8 Å². The van der Waals surface area contributed by atoms with Gasteiger partial charge in [0.25, 0.3) is 5.91 Å². The lowest BCUT2D eigenvalue weighted by Gasteiger charge is -2.42. The number of rotatable bonds is 7. The molecule has 4 rings (SSSR count). The van der Waals surface area contributed by atoms with Crippen LogP contribution in [0.2, 0.25) is 0 Å². The molecule has 1 aliphatic rings. The van der Waals surface area contributed by atoms with Gasteiger partial charge in [-0.1, -0.05) is 30.3 Å². The number of aliphatic hydroxyl groups excluding tert-OH is 1. The number of carbonyl (C=O) groups excluding carboxylic acids is 1. The molecule has 36 heavy (non-hydrogen) atoms. The molecule has 0 radical (unpaired) electrons. The Kier molecular flexibility index (Phi) is 7.13. The molecule has 186 valence electrons. The van der Waals surface area contributed by atoms with Crippen LogP contribution < -0.4 is 14.8 Å². The predicted octanol–water partition coefficient (Wildman–Crippen LogP) is 3.08. The second-order valence-electron chi connectivity index (χ2n) is 9.13. The molecule has 0 spiro atoms. The number of nitrogens with zero attached hydrogens (tertiary/aromatic N) is 1. The van der Waals surface area contributed by atoms with Crippen LogP contribution in [-0.4, -0.2) is 37.7 Å². The first-order valence-electron chi connectivity index (χ1n) is 11.5. The second kappa shape index (κ2) is 10.1. The smallest absolute Gasteiger partial charge is 0.251 e. The Hall–Kier alpha value is -3.71. The van der Waals surface area contributed by atoms with Crippen LogP contribution in [-0.2, 0) is 16.4 Å². The number of nitrogens with one attached hydrogen (secondary N) is 2. The highest BCUT2D eigenvalue weighted by atomic mass is 32.2. The number of nitriles is 1. The Morgan fingerprint density at radius 2 is 1.78 bits per heavy atom. The summed E-state index contributed by atoms with van der Waals surface area (Å²) in [7, 11) is -4.06. The van der Waals surface area contributed by atoms with Gasteiger partial charge in [0.2, 0.25) is 10.0 Å². The molecule has 0 fully saturated rings. The maximum atomic E-state index is 13.1. The molecule has 0 saturated heterocycles. The van der Waals surface area contributed by atoms with E-state index in [0.29, 0.717) is 35.4 Å². The van der Waals surface area contributed by atoms with Gasteiger partial charge < -0.3 is 15.2 Å². The standard InChI is InChI=1S/C27H27N3O5S/c1-27(2)25(31)24(30-36(33,34)21-11-8-19(17-28)9-12-21)22-16-20(10-13-23(22)35-27)26(32)29-15-14-18-6-4-3-5-7-18/h3-13,16,24-25,30-31H,14-15H2,1-2H3,(H,29,32). The topological polar surface area (TPSA) is 129 Å². The van der Waals surface area contributed by atoms with E-state index in [1.807, 2.05) is 36.4 Å². The van der Waals surface area contributed by atoms with Crippen LogP contribution in [0.3, 0.4) is 0 Å². The van der Waals surface area contributed by atoms with E-state index in [2.05, 4.69) is 10.0 Å². The fraction of sp³-hybridized carbons (Fsp3) is 0.259. The van der Waals surface area contributed by atoms with Crippen molar-refractivity contribution in [1.29, 1.82) is 5.26 Å². The van der Waals surface area contributed by atoms with Gasteiger partial charge in [0.15, 0.2) is 0 Å². The minimum atomic E-state index is -4.06. The SMILES string of the molecule is CC1(C)Oc2ccc(C(=O)NCCc3ccccc3)cc2C(NS(=O)(=O)c2ccc(C#N)cc2)C1O. The molecule has 1 amide bonds. The molecule has 0 aliphatic carbocycles. The molecule has 1 heterocycles. The Balaban J connectivity index is 1.58. The van der Waals surface area contributed by atoms with Gasteiger partial charge in [-0.3, -0.25) is 4.79 Å². The lowest BCUT2D eigenvalue weighted by Crippen LogP contribution is -2.53. The van der Waals surface area contributed by atoms with Gasteiger partial charge in [-0.25, -0.2) is 13.1 Å². The van der Waals surface area contributed by atoms with E-state index in [0.717, 1.165) is 5.56 Å². The first-order valence-corrected chi connectivity index (χ1v) is 12.9. The number of ether oxygens (including phenoxy) is 1. The highest BCUT2D eigenvalue weighted by molar-refractivity contribution is 7.89. The van der Waals surface area contributed by atoms with Crippen LogP contribution in [0.25, 0.3) is 0 Å². The van der Waals surface area contributed by atoms with Crippen molar-refractivity contribution in [2.45, 2.75) is 42.9 Å². The molecule has 3 N–H and O–H groups in total. The molecular weight excluding hydrogens is 478 g/mol. The molecule has 1 aliphatic heterocycles. The largest absolute Gasteiger partial charge is 0.485 e. The van der Waals surface area contributed by atoms with Gasteiger partial charge in [0, 0.05) is 17.7 Å². The van der Waals surface area contributed by atoms with E-state index in [9.17, 15) is 18.3 Å². The number of amides is 1. The van der Waals surface area contributed by atoms with Crippen molar-refractivity contribution in [2.75, 3.05) is 6.54 Å². The molecule has 2 unspecified atom stereocenters. The van der Waals surface area contributed by atoms with Crippen molar-refractivity contribution in [3.63, 3.8) is 0 Å². The summed E-state index contributed by atoms with van der Waals surface area (Å²) in [6.45, 7) is 3.75. The number of benzene rings is 3. The fourth-order valence-corrected chi connectivity index (χ4v) is 5.30. The highest BCUT2D eigenvalue weighted by Gasteiger charge is 2.44. The summed E-state index contributed by atoms with van der Waals surface area (Å²) in [5, 5.41) is 22.9. The first-order chi connectivity index (χ1) is 17.1. The van der Waals surface area contributed by atoms with Gasteiger partial charge in [0.1, 0.15) is 17.5 Å². The zero-order valence-corrected chi connectivity index (χ0v) is 20.7. The Morgan fingerprint density at radius 1 is 1.08 bits per heavy atom. The van der Waals surface area contributed by atoms with E-state index >= 15 is 0 Å². The number of carbonyl (C=O) groups is 1. The van der Waals surface area contributed by atoms with Crippen LogP contribution in [0, 0.1) is 11.3 Å². The van der Waals surface area contributed by atoms with E-state index in [1.54, 1.807) is 26.0 Å². The molecule has 3 aromatic rings. The molecule has 0 saturated carbocycles. The Bertz CT molecular complexity index is 1400. The quantitative estimate of drug-likeness (QED) is 0.453. The minimum Gasteiger partial charge on any atom is -0.485 e. The zero-order valence-electron chi connectivity index (χ0n) is 19.9. The minimum absolute atomic E-state index is 0.0469. The van der Waals surface area contributed by atoms with Crippen molar-refractivity contribution in [3.8, 4) is 11.8 Å². The third-order valence-electron chi connectivity index (χ3n) is 6.13. The molecule has 0 bridgehead atoms. The van der Waals surface area contributed by atoms with E-state index in [1.165, 1.54) is 30.3 Å². The van der Waals surface area contributed by atoms with E-state index in [-0.39, 0.29) is 10.8 Å². The Labute approximate surface area is 210 Å². The average Bonchev–Trinajstić information content (AvgIpc) is 2.87. The van der Waals surface area contributed by atoms with Crippen molar-refractivity contribution in [1.82, 2.24) is 10.0 Å². The van der Waals surface area contributed by atoms with Gasteiger partial charge in [-0.05, 0) is 68.3 Å². The van der Waals surface area contributed by atoms with Gasteiger partial charge in [0.05, 0.1) is 22.6 Å². The van der Waals surface area contributed by atoms with Crippen LogP contribution >= 0.6 is 0 Å². The molecule has 9 heteroatoms. The van der Waals surface area contributed by atoms with Gasteiger partial charge >= 0.3 is 0 Å². The monoisotopic (exact) mass is 505 g/mol. The summed E-state index contributed by atoms with van der Waals surface area (Å²) in [6.07, 6.45) is -0.574. The molecule has 3 aromatic carbocycles. The van der Waals surface area contributed by atoms with Crippen molar-refractivity contribution in [2.24, 2.45) is 0 Å². The van der Waals surface area contributed by atoms with E-state index in [4.69, 9.17) is 10.00 Å². The van der Waals surface area contributed by atoms with Crippen molar-refractivity contribution < 1.29 is 23.1 Å². The highest BCUT2D eigenvalue weighted by Crippen LogP contribution is 2.41.